The number of carbonyl (C=O) groups excluding carboxylic acids is 2. The number of hydrogen-bond donors (Lipinski definition) is 1. The SMILES string of the molecule is NC(=O)c1ccc(N2CCN(C(=O)C3(c4ccccc4Cl)CCOCC3)CC2)cc1. The molecule has 0 saturated carbocycles. The molecule has 158 valence electrons. The highest BCUT2D eigenvalue weighted by atomic mass is 35.5. The summed E-state index contributed by atoms with van der Waals surface area (Å²) < 4.78 is 5.57. The molecule has 0 bridgehead atoms. The third kappa shape index (κ3) is 3.89. The van der Waals surface area contributed by atoms with Gasteiger partial charge >= 0.3 is 0 Å². The quantitative estimate of drug-likeness (QED) is 0.814. The molecule has 2 aromatic carbocycles. The van der Waals surface area contributed by atoms with E-state index in [0.717, 1.165) is 24.3 Å². The first-order valence-electron chi connectivity index (χ1n) is 10.3. The lowest BCUT2D eigenvalue weighted by Gasteiger charge is -2.43. The Kier molecular flexibility index (Phi) is 5.97. The lowest BCUT2D eigenvalue weighted by atomic mass is 9.72. The van der Waals surface area contributed by atoms with Crippen molar-refractivity contribution in [1.29, 1.82) is 0 Å². The topological polar surface area (TPSA) is 75.9 Å². The van der Waals surface area contributed by atoms with Gasteiger partial charge in [-0.2, -0.15) is 0 Å². The van der Waals surface area contributed by atoms with Crippen molar-refractivity contribution in [2.75, 3.05) is 44.3 Å². The van der Waals surface area contributed by atoms with Gasteiger partial charge in [0.1, 0.15) is 0 Å². The Hall–Kier alpha value is -2.57. The average Bonchev–Trinajstić information content (AvgIpc) is 2.79. The summed E-state index contributed by atoms with van der Waals surface area (Å²) >= 11 is 6.52. The highest BCUT2D eigenvalue weighted by Crippen LogP contribution is 2.40. The standard InChI is InChI=1S/C23H26ClN3O3/c24-20-4-2-1-3-19(20)23(9-15-30-16-10-23)22(29)27-13-11-26(12-14-27)18-7-5-17(6-8-18)21(25)28/h1-8H,9-16H2,(H2,25,28). The van der Waals surface area contributed by atoms with Crippen molar-refractivity contribution in [3.63, 3.8) is 0 Å². The van der Waals surface area contributed by atoms with Gasteiger partial charge in [0, 0.05) is 55.7 Å². The van der Waals surface area contributed by atoms with Crippen LogP contribution >= 0.6 is 11.6 Å². The third-order valence-corrected chi connectivity index (χ3v) is 6.56. The maximum Gasteiger partial charge on any atom is 0.248 e. The molecular formula is C23H26ClN3O3. The molecule has 0 unspecified atom stereocenters. The molecule has 2 saturated heterocycles. The summed E-state index contributed by atoms with van der Waals surface area (Å²) in [6, 6.07) is 15.0. The first-order chi connectivity index (χ1) is 14.5. The Balaban J connectivity index is 1.49. The molecule has 4 rings (SSSR count). The fraction of sp³-hybridized carbons (Fsp3) is 0.391. The molecule has 2 aromatic rings. The number of hydrogen-bond acceptors (Lipinski definition) is 4. The molecule has 7 heteroatoms. The summed E-state index contributed by atoms with van der Waals surface area (Å²) in [6.07, 6.45) is 1.29. The van der Waals surface area contributed by atoms with Gasteiger partial charge in [-0.25, -0.2) is 0 Å². The van der Waals surface area contributed by atoms with Crippen LogP contribution in [-0.4, -0.2) is 56.1 Å². The molecule has 2 aliphatic rings. The number of ether oxygens (including phenoxy) is 1. The largest absolute Gasteiger partial charge is 0.381 e. The van der Waals surface area contributed by atoms with Crippen LogP contribution in [0, 0.1) is 0 Å². The van der Waals surface area contributed by atoms with Crippen LogP contribution in [0.4, 0.5) is 5.69 Å². The number of benzene rings is 2. The van der Waals surface area contributed by atoms with E-state index < -0.39 is 11.3 Å². The molecule has 6 nitrogen and oxygen atoms in total. The zero-order valence-corrected chi connectivity index (χ0v) is 17.6. The Morgan fingerprint density at radius 3 is 2.17 bits per heavy atom. The van der Waals surface area contributed by atoms with E-state index in [1.165, 1.54) is 0 Å². The summed E-state index contributed by atoms with van der Waals surface area (Å²) in [4.78, 5) is 29.2. The normalized spacial score (nSPS) is 18.8. The van der Waals surface area contributed by atoms with Gasteiger partial charge < -0.3 is 20.3 Å². The summed E-state index contributed by atoms with van der Waals surface area (Å²) in [5.74, 6) is -0.291. The molecule has 0 aliphatic carbocycles. The number of nitrogens with two attached hydrogens (primary N) is 1. The number of rotatable bonds is 4. The Morgan fingerprint density at radius 2 is 1.57 bits per heavy atom. The molecule has 0 spiro atoms. The number of anilines is 1. The van der Waals surface area contributed by atoms with E-state index in [1.807, 2.05) is 41.3 Å². The van der Waals surface area contributed by atoms with E-state index in [4.69, 9.17) is 22.1 Å². The number of nitrogens with zero attached hydrogens (tertiary/aromatic N) is 2. The van der Waals surface area contributed by atoms with Crippen LogP contribution in [0.5, 0.6) is 0 Å². The van der Waals surface area contributed by atoms with E-state index in [1.54, 1.807) is 12.1 Å². The lowest BCUT2D eigenvalue weighted by molar-refractivity contribution is -0.141. The van der Waals surface area contributed by atoms with Gasteiger partial charge in [-0.15, -0.1) is 0 Å². The second-order valence-corrected chi connectivity index (χ2v) is 8.27. The molecule has 0 radical (unpaired) electrons. The Labute approximate surface area is 181 Å². The number of piperazine rings is 1. The zero-order chi connectivity index (χ0) is 21.1. The predicted molar refractivity (Wildman–Crippen MR) is 117 cm³/mol. The summed E-state index contributed by atoms with van der Waals surface area (Å²) in [6.45, 7) is 3.87. The molecule has 30 heavy (non-hydrogen) atoms. The number of carbonyl (C=O) groups is 2. The molecule has 0 atom stereocenters. The molecular weight excluding hydrogens is 402 g/mol. The molecule has 2 fully saturated rings. The van der Waals surface area contributed by atoms with Crippen molar-refractivity contribution < 1.29 is 14.3 Å². The molecule has 0 aromatic heterocycles. The minimum atomic E-state index is -0.623. The lowest BCUT2D eigenvalue weighted by Crippen LogP contribution is -2.56. The second-order valence-electron chi connectivity index (χ2n) is 7.86. The number of amides is 2. The van der Waals surface area contributed by atoms with Crippen LogP contribution in [0.1, 0.15) is 28.8 Å². The first-order valence-corrected chi connectivity index (χ1v) is 10.7. The number of primary amides is 1. The fourth-order valence-electron chi connectivity index (χ4n) is 4.47. The van der Waals surface area contributed by atoms with Gasteiger partial charge in [0.2, 0.25) is 11.8 Å². The van der Waals surface area contributed by atoms with Crippen LogP contribution < -0.4 is 10.6 Å². The van der Waals surface area contributed by atoms with E-state index in [2.05, 4.69) is 4.90 Å². The monoisotopic (exact) mass is 427 g/mol. The van der Waals surface area contributed by atoms with Gasteiger partial charge in [0.05, 0.1) is 5.41 Å². The van der Waals surface area contributed by atoms with E-state index in [0.29, 0.717) is 49.7 Å². The van der Waals surface area contributed by atoms with Gasteiger partial charge in [0.15, 0.2) is 0 Å². The summed E-state index contributed by atoms with van der Waals surface area (Å²) in [7, 11) is 0. The van der Waals surface area contributed by atoms with Crippen LogP contribution in [0.15, 0.2) is 48.5 Å². The minimum Gasteiger partial charge on any atom is -0.381 e. The zero-order valence-electron chi connectivity index (χ0n) is 16.9. The van der Waals surface area contributed by atoms with Gasteiger partial charge in [0.25, 0.3) is 0 Å². The highest BCUT2D eigenvalue weighted by Gasteiger charge is 2.45. The minimum absolute atomic E-state index is 0.141. The van der Waals surface area contributed by atoms with Crippen molar-refractivity contribution >= 4 is 29.1 Å². The maximum atomic E-state index is 13.7. The molecule has 2 amide bonds. The second kappa shape index (κ2) is 8.66. The third-order valence-electron chi connectivity index (χ3n) is 6.23. The highest BCUT2D eigenvalue weighted by molar-refractivity contribution is 6.31. The predicted octanol–water partition coefficient (Wildman–Crippen LogP) is 2.84. The van der Waals surface area contributed by atoms with Gasteiger partial charge in [-0.05, 0) is 48.7 Å². The Morgan fingerprint density at radius 1 is 0.933 bits per heavy atom. The molecule has 2 N–H and O–H groups in total. The van der Waals surface area contributed by atoms with Gasteiger partial charge in [-0.1, -0.05) is 29.8 Å². The van der Waals surface area contributed by atoms with Crippen LogP contribution in [0.2, 0.25) is 5.02 Å². The Bertz CT molecular complexity index is 918. The summed E-state index contributed by atoms with van der Waals surface area (Å²) in [5, 5.41) is 0.640. The van der Waals surface area contributed by atoms with Crippen molar-refractivity contribution in [3.05, 3.63) is 64.7 Å². The fourth-order valence-corrected chi connectivity index (χ4v) is 4.79. The van der Waals surface area contributed by atoms with Crippen LogP contribution in [0.3, 0.4) is 0 Å². The van der Waals surface area contributed by atoms with Crippen molar-refractivity contribution in [2.45, 2.75) is 18.3 Å². The van der Waals surface area contributed by atoms with E-state index in [9.17, 15) is 9.59 Å². The molecule has 2 heterocycles. The van der Waals surface area contributed by atoms with Crippen LogP contribution in [0.25, 0.3) is 0 Å². The summed E-state index contributed by atoms with van der Waals surface area (Å²) in [5.41, 5.74) is 7.13. The van der Waals surface area contributed by atoms with Gasteiger partial charge in [-0.3, -0.25) is 9.59 Å². The van der Waals surface area contributed by atoms with Crippen molar-refractivity contribution in [1.82, 2.24) is 4.90 Å². The number of halogens is 1. The van der Waals surface area contributed by atoms with Crippen molar-refractivity contribution in [3.8, 4) is 0 Å². The smallest absolute Gasteiger partial charge is 0.248 e. The average molecular weight is 428 g/mol. The van der Waals surface area contributed by atoms with Crippen LogP contribution in [-0.2, 0) is 14.9 Å². The molecule has 2 aliphatic heterocycles. The first kappa shape index (κ1) is 20.7. The van der Waals surface area contributed by atoms with Crippen molar-refractivity contribution in [2.24, 2.45) is 5.73 Å². The van der Waals surface area contributed by atoms with E-state index >= 15 is 0 Å². The maximum absolute atomic E-state index is 13.7. The van der Waals surface area contributed by atoms with E-state index in [-0.39, 0.29) is 5.91 Å².